The third kappa shape index (κ3) is 9.29. The molecule has 2 atom stereocenters. The quantitative estimate of drug-likeness (QED) is 0.0622. The first-order valence-electron chi connectivity index (χ1n) is 20.4. The van der Waals surface area contributed by atoms with Crippen LogP contribution in [-0.4, -0.2) is 65.5 Å². The molecule has 0 aliphatic carbocycles. The minimum atomic E-state index is -4.56. The Morgan fingerprint density at radius 1 is 0.769 bits per heavy atom. The molecule has 19 heteroatoms. The van der Waals surface area contributed by atoms with E-state index in [1.54, 1.807) is 37.3 Å². The largest absolute Gasteiger partial charge is 0.397 e. The molecule has 0 N–H and O–H groups in total. The van der Waals surface area contributed by atoms with E-state index in [1.807, 2.05) is 11.8 Å². The topological polar surface area (TPSA) is 88.5 Å². The van der Waals surface area contributed by atoms with Crippen molar-refractivity contribution in [2.24, 2.45) is 4.40 Å². The molecular weight excluding hydrogens is 975 g/mol. The first-order chi connectivity index (χ1) is 30.4. The number of hydrogen-bond donors (Lipinski definition) is 1. The Morgan fingerprint density at radius 2 is 1.28 bits per heavy atom. The summed E-state index contributed by atoms with van der Waals surface area (Å²) < 4.78 is 80.4. The lowest BCUT2D eigenvalue weighted by atomic mass is 9.83. The molecule has 0 bridgehead atoms. The maximum atomic E-state index is 13.8. The molecule has 2 unspecified atom stereocenters. The first kappa shape index (κ1) is 48.1. The second-order valence-electron chi connectivity index (χ2n) is 17.4. The van der Waals surface area contributed by atoms with Gasteiger partial charge in [-0.05, 0) is 101 Å². The minimum Gasteiger partial charge on any atom is -0.362 e. The zero-order valence-corrected chi connectivity index (χ0v) is 39.7. The number of carbonyl (C=O) groups excluding carboxylic acids is 3. The van der Waals surface area contributed by atoms with Crippen LogP contribution in [-0.2, 0) is 53.0 Å². The predicted molar refractivity (Wildman–Crippen MR) is 244 cm³/mol. The number of carbonyl (C=O) groups is 3. The molecule has 5 heterocycles. The standard InChI is InChI=1S/C23H19Cl2F4NO3S.C23H21Cl2FN2O2S/c1-21(34,14-5-16(24)20(26)17(25)6-14)7-18(31)12-2-3-15-13(4-12)9-33-22(15)10-30(11-22)19(32)8-23(27,28)29;1-3-20(29)28-11-23(12-28)16-5-4-13(6-14(16)10-30-23)19-9-22(2,31-27-19)15-7-17(24)21(26)18(25)8-15/h2-6,34H,7-11H2,1H3;4-8H,3,9-12H2,1-2H3. The van der Waals surface area contributed by atoms with Crippen LogP contribution in [0.5, 0.6) is 0 Å². The monoisotopic (exact) mass is 1010 g/mol. The second-order valence-corrected chi connectivity index (χ2v) is 21.3. The number of amides is 2. The molecule has 4 aromatic carbocycles. The van der Waals surface area contributed by atoms with Crippen LogP contribution in [0.15, 0.2) is 65.1 Å². The predicted octanol–water partition coefficient (Wildman–Crippen LogP) is 11.9. The number of likely N-dealkylation sites (tertiary alicyclic amines) is 2. The molecular formula is C46H40Cl4F5N3O5S2. The maximum absolute atomic E-state index is 13.8. The Kier molecular flexibility index (Phi) is 13.0. The summed E-state index contributed by atoms with van der Waals surface area (Å²) in [5.41, 5.74) is 6.38. The highest BCUT2D eigenvalue weighted by molar-refractivity contribution is 7.99. The molecule has 344 valence electrons. The molecule has 4 aromatic rings. The van der Waals surface area contributed by atoms with Crippen LogP contribution in [0.3, 0.4) is 0 Å². The number of benzene rings is 4. The number of Topliss-reactive ketones (excluding diaryl/α,β-unsaturated/α-hetero) is 1. The van der Waals surface area contributed by atoms with Crippen molar-refractivity contribution < 1.29 is 45.8 Å². The second kappa shape index (κ2) is 17.6. The van der Waals surface area contributed by atoms with Gasteiger partial charge in [0.1, 0.15) is 17.6 Å². The van der Waals surface area contributed by atoms with E-state index in [1.165, 1.54) is 29.6 Å². The Hall–Kier alpha value is -3.41. The molecule has 9 rings (SSSR count). The molecule has 65 heavy (non-hydrogen) atoms. The van der Waals surface area contributed by atoms with Crippen molar-refractivity contribution >= 4 is 94.3 Å². The zero-order chi connectivity index (χ0) is 47.0. The fourth-order valence-corrected chi connectivity index (χ4v) is 11.0. The highest BCUT2D eigenvalue weighted by Gasteiger charge is 2.53. The zero-order valence-electron chi connectivity index (χ0n) is 35.0. The summed E-state index contributed by atoms with van der Waals surface area (Å²) in [5, 5.41) is -0.292. The van der Waals surface area contributed by atoms with Gasteiger partial charge in [-0.3, -0.25) is 14.4 Å². The first-order valence-corrected chi connectivity index (χ1v) is 23.2. The van der Waals surface area contributed by atoms with Crippen molar-refractivity contribution in [3.8, 4) is 0 Å². The van der Waals surface area contributed by atoms with Gasteiger partial charge in [0.05, 0.1) is 69.9 Å². The summed E-state index contributed by atoms with van der Waals surface area (Å²) >= 11 is 29.8. The van der Waals surface area contributed by atoms with Gasteiger partial charge in [0.2, 0.25) is 11.8 Å². The normalized spacial score (nSPS) is 20.9. The molecule has 2 spiro atoms. The Labute approximate surface area is 401 Å². The summed E-state index contributed by atoms with van der Waals surface area (Å²) in [6.07, 6.45) is -4.90. The fraction of sp³-hybridized carbons (Fsp3) is 0.391. The molecule has 2 amide bonds. The number of nitrogens with zero attached hydrogens (tertiary/aromatic N) is 3. The van der Waals surface area contributed by atoms with Gasteiger partial charge in [0.25, 0.3) is 0 Å². The van der Waals surface area contributed by atoms with Crippen molar-refractivity contribution in [3.05, 3.63) is 137 Å². The van der Waals surface area contributed by atoms with Crippen molar-refractivity contribution in [2.75, 3.05) is 26.2 Å². The lowest BCUT2D eigenvalue weighted by Crippen LogP contribution is -2.61. The number of hydrogen-bond acceptors (Lipinski definition) is 8. The highest BCUT2D eigenvalue weighted by atomic mass is 35.5. The van der Waals surface area contributed by atoms with E-state index in [2.05, 4.69) is 37.8 Å². The molecule has 0 radical (unpaired) electrons. The van der Waals surface area contributed by atoms with Crippen LogP contribution >= 0.6 is 71.0 Å². The van der Waals surface area contributed by atoms with E-state index in [4.69, 9.17) is 60.3 Å². The van der Waals surface area contributed by atoms with Crippen molar-refractivity contribution in [2.45, 2.75) is 86.5 Å². The van der Waals surface area contributed by atoms with Gasteiger partial charge < -0.3 is 19.3 Å². The molecule has 0 aromatic heterocycles. The van der Waals surface area contributed by atoms with Crippen LogP contribution in [0.2, 0.25) is 20.1 Å². The number of halogens is 9. The summed E-state index contributed by atoms with van der Waals surface area (Å²) in [5.74, 6) is -2.39. The average Bonchev–Trinajstić information content (AvgIpc) is 3.93. The number of thiol groups is 1. The SMILES string of the molecule is CC(S)(CC(=O)c1ccc2c(c1)COC21CN(C(=O)CC(F)(F)F)C1)c1cc(Cl)c(F)c(Cl)c1.CCC(=O)N1CC2(C1)OCc1cc(C3=NSC(C)(c4cc(Cl)c(F)c(Cl)c4)C3)ccc12. The number of rotatable bonds is 8. The van der Waals surface area contributed by atoms with E-state index in [0.717, 1.165) is 38.4 Å². The summed E-state index contributed by atoms with van der Waals surface area (Å²) in [7, 11) is 0. The van der Waals surface area contributed by atoms with E-state index in [0.29, 0.717) is 43.7 Å². The van der Waals surface area contributed by atoms with Crippen LogP contribution in [0.1, 0.15) is 95.8 Å². The summed E-state index contributed by atoms with van der Waals surface area (Å²) in [6.45, 7) is 7.65. The third-order valence-corrected chi connectivity index (χ3v) is 15.2. The van der Waals surface area contributed by atoms with Gasteiger partial charge in [-0.2, -0.15) is 25.8 Å². The third-order valence-electron chi connectivity index (χ3n) is 12.6. The van der Waals surface area contributed by atoms with Gasteiger partial charge >= 0.3 is 6.18 Å². The van der Waals surface area contributed by atoms with Crippen molar-refractivity contribution in [1.82, 2.24) is 9.80 Å². The molecule has 8 nitrogen and oxygen atoms in total. The summed E-state index contributed by atoms with van der Waals surface area (Å²) in [6, 6.07) is 17.4. The van der Waals surface area contributed by atoms with Gasteiger partial charge in [-0.25, -0.2) is 13.2 Å². The molecule has 2 saturated heterocycles. The Morgan fingerprint density at radius 3 is 1.82 bits per heavy atom. The fourth-order valence-electron chi connectivity index (χ4n) is 8.87. The lowest BCUT2D eigenvalue weighted by Gasteiger charge is -2.47. The number of alkyl halides is 3. The number of ether oxygens (including phenoxy) is 2. The molecule has 5 aliphatic heterocycles. The Balaban J connectivity index is 0.000000178. The smallest absolute Gasteiger partial charge is 0.362 e. The van der Waals surface area contributed by atoms with Gasteiger partial charge in [-0.1, -0.05) is 77.6 Å². The molecule has 5 aliphatic rings. The average molecular weight is 1020 g/mol. The van der Waals surface area contributed by atoms with Gasteiger partial charge in [0.15, 0.2) is 17.4 Å². The lowest BCUT2D eigenvalue weighted by molar-refractivity contribution is -0.185. The van der Waals surface area contributed by atoms with Crippen molar-refractivity contribution in [1.29, 1.82) is 0 Å². The number of ketones is 1. The Bertz CT molecular complexity index is 2630. The van der Waals surface area contributed by atoms with E-state index >= 15 is 0 Å². The minimum absolute atomic E-state index is 0.0221. The van der Waals surface area contributed by atoms with E-state index in [-0.39, 0.29) is 68.2 Å². The summed E-state index contributed by atoms with van der Waals surface area (Å²) in [4.78, 5) is 39.7. The van der Waals surface area contributed by atoms with Crippen LogP contribution in [0.25, 0.3) is 0 Å². The van der Waals surface area contributed by atoms with Crippen LogP contribution in [0, 0.1) is 11.6 Å². The molecule has 2 fully saturated rings. The van der Waals surface area contributed by atoms with Crippen molar-refractivity contribution in [3.63, 3.8) is 0 Å². The van der Waals surface area contributed by atoms with E-state index in [9.17, 15) is 36.3 Å². The maximum Gasteiger partial charge on any atom is 0.397 e. The highest BCUT2D eigenvalue weighted by Crippen LogP contribution is 2.50. The van der Waals surface area contributed by atoms with Gasteiger partial charge in [0, 0.05) is 29.6 Å². The van der Waals surface area contributed by atoms with Gasteiger partial charge in [-0.15, -0.1) is 0 Å². The van der Waals surface area contributed by atoms with E-state index < -0.39 is 40.5 Å². The van der Waals surface area contributed by atoms with Crippen LogP contribution < -0.4 is 0 Å². The molecule has 0 saturated carbocycles. The van der Waals surface area contributed by atoms with Crippen LogP contribution in [0.4, 0.5) is 22.0 Å². The number of fused-ring (bicyclic) bond motifs is 4.